The quantitative estimate of drug-likeness (QED) is 0.500. The zero-order valence-electron chi connectivity index (χ0n) is 13.6. The lowest BCUT2D eigenvalue weighted by molar-refractivity contribution is 0.755. The second kappa shape index (κ2) is 6.40. The van der Waals surface area contributed by atoms with E-state index in [9.17, 15) is 0 Å². The largest absolute Gasteiger partial charge is 0.251 e. The summed E-state index contributed by atoms with van der Waals surface area (Å²) in [4.78, 5) is 7.79. The Bertz CT molecular complexity index is 949. The van der Waals surface area contributed by atoms with Crippen LogP contribution in [0.25, 0.3) is 0 Å². The van der Waals surface area contributed by atoms with E-state index in [1.807, 2.05) is 23.5 Å². The van der Waals surface area contributed by atoms with Crippen molar-refractivity contribution in [1.29, 1.82) is 0 Å². The van der Waals surface area contributed by atoms with Crippen LogP contribution in [0.2, 0.25) is 0 Å². The molecule has 2 aliphatic heterocycles. The lowest BCUT2D eigenvalue weighted by Gasteiger charge is -2.31. The normalized spacial score (nSPS) is 21.4. The van der Waals surface area contributed by atoms with Crippen molar-refractivity contribution in [3.63, 3.8) is 0 Å². The third-order valence-corrected chi connectivity index (χ3v) is 7.43. The Morgan fingerprint density at radius 2 is 1.48 bits per heavy atom. The summed E-state index contributed by atoms with van der Waals surface area (Å²) in [6, 6.07) is 28.2. The molecule has 0 N–H and O–H groups in total. The van der Waals surface area contributed by atoms with Gasteiger partial charge in [0.25, 0.3) is 0 Å². The Kier molecular flexibility index (Phi) is 3.91. The van der Waals surface area contributed by atoms with E-state index >= 15 is 0 Å². The minimum Gasteiger partial charge on any atom is -0.251 e. The first-order valence-corrected chi connectivity index (χ1v) is 10.4. The third kappa shape index (κ3) is 2.72. The first kappa shape index (κ1) is 15.3. The molecule has 122 valence electrons. The van der Waals surface area contributed by atoms with Crippen LogP contribution in [-0.2, 0) is 0 Å². The van der Waals surface area contributed by atoms with Gasteiger partial charge in [0.05, 0.1) is 11.4 Å². The maximum absolute atomic E-state index is 5.16. The number of hydrogen-bond donors (Lipinski definition) is 0. The van der Waals surface area contributed by atoms with Gasteiger partial charge < -0.3 is 0 Å². The fraction of sp³-hybridized carbons (Fsp3) is 0.136. The highest BCUT2D eigenvalue weighted by molar-refractivity contribution is 8.00. The summed E-state index contributed by atoms with van der Waals surface area (Å²) < 4.78 is 0. The maximum Gasteiger partial charge on any atom is 0.0769 e. The average molecular weight is 360 g/mol. The molecule has 2 atom stereocenters. The summed E-state index contributed by atoms with van der Waals surface area (Å²) in [6.07, 6.45) is 0. The smallest absolute Gasteiger partial charge is 0.0769 e. The van der Waals surface area contributed by atoms with Gasteiger partial charge in [0, 0.05) is 32.3 Å². The highest BCUT2D eigenvalue weighted by Crippen LogP contribution is 2.51. The zero-order valence-corrected chi connectivity index (χ0v) is 15.3. The van der Waals surface area contributed by atoms with Gasteiger partial charge in [-0.1, -0.05) is 60.7 Å². The molecule has 2 aliphatic rings. The molecule has 2 heterocycles. The molecule has 0 saturated heterocycles. The molecule has 0 radical (unpaired) electrons. The number of aliphatic imine (C=N–C) groups is 1. The molecule has 5 rings (SSSR count). The van der Waals surface area contributed by atoms with Crippen LogP contribution >= 0.6 is 23.5 Å². The zero-order chi connectivity index (χ0) is 16.6. The molecule has 0 amide bonds. The second-order valence-corrected chi connectivity index (χ2v) is 8.57. The van der Waals surface area contributed by atoms with Crippen LogP contribution in [-0.4, -0.2) is 11.5 Å². The standard InChI is InChI=1S/C22H17NS2/c1-2-8-15(9-3-1)22-17-14-24-19-12-6-4-10-16(19)21(17)23-18-11-5-7-13-20(18)25-22/h1-13,17,22H,14H2/t17-,22-/m0/s1. The lowest BCUT2D eigenvalue weighted by Crippen LogP contribution is -2.27. The van der Waals surface area contributed by atoms with Crippen LogP contribution < -0.4 is 0 Å². The minimum absolute atomic E-state index is 0.393. The molecule has 1 nitrogen and oxygen atoms in total. The van der Waals surface area contributed by atoms with E-state index in [0.717, 1.165) is 11.4 Å². The highest BCUT2D eigenvalue weighted by Gasteiger charge is 2.36. The van der Waals surface area contributed by atoms with Crippen LogP contribution in [0, 0.1) is 5.92 Å². The van der Waals surface area contributed by atoms with Crippen LogP contribution in [0.5, 0.6) is 0 Å². The van der Waals surface area contributed by atoms with Crippen molar-refractivity contribution in [1.82, 2.24) is 0 Å². The van der Waals surface area contributed by atoms with Crippen LogP contribution in [0.15, 0.2) is 93.6 Å². The van der Waals surface area contributed by atoms with Gasteiger partial charge in [0.15, 0.2) is 0 Å². The van der Waals surface area contributed by atoms with Gasteiger partial charge >= 0.3 is 0 Å². The Labute approximate surface area is 156 Å². The number of thioether (sulfide) groups is 2. The Balaban J connectivity index is 1.72. The van der Waals surface area contributed by atoms with Gasteiger partial charge in [-0.25, -0.2) is 0 Å². The van der Waals surface area contributed by atoms with Crippen molar-refractivity contribution in [2.24, 2.45) is 10.9 Å². The summed E-state index contributed by atoms with van der Waals surface area (Å²) in [5.41, 5.74) is 5.05. The molecular formula is C22H17NS2. The summed E-state index contributed by atoms with van der Waals surface area (Å²) in [5.74, 6) is 1.50. The number of hydrogen-bond acceptors (Lipinski definition) is 3. The van der Waals surface area contributed by atoms with Crippen LogP contribution in [0.3, 0.4) is 0 Å². The van der Waals surface area contributed by atoms with Gasteiger partial charge in [-0.2, -0.15) is 0 Å². The van der Waals surface area contributed by atoms with Crippen molar-refractivity contribution in [3.8, 4) is 0 Å². The SMILES string of the molecule is c1ccc([C@@H]2Sc3ccccc3N=C3c4ccccc4SC[C@@H]32)cc1. The number of benzene rings is 3. The Hall–Kier alpha value is -1.97. The van der Waals surface area contributed by atoms with Gasteiger partial charge in [-0.05, 0) is 23.8 Å². The Morgan fingerprint density at radius 1 is 0.760 bits per heavy atom. The fourth-order valence-electron chi connectivity index (χ4n) is 3.58. The number of para-hydroxylation sites is 1. The minimum atomic E-state index is 0.393. The van der Waals surface area contributed by atoms with Gasteiger partial charge in [-0.3, -0.25) is 4.99 Å². The number of rotatable bonds is 1. The van der Waals surface area contributed by atoms with E-state index < -0.39 is 0 Å². The molecule has 0 unspecified atom stereocenters. The number of fused-ring (bicyclic) bond motifs is 4. The van der Waals surface area contributed by atoms with E-state index in [0.29, 0.717) is 11.2 Å². The van der Waals surface area contributed by atoms with Gasteiger partial charge in [-0.15, -0.1) is 23.5 Å². The highest BCUT2D eigenvalue weighted by atomic mass is 32.2. The van der Waals surface area contributed by atoms with Crippen molar-refractivity contribution < 1.29 is 0 Å². The van der Waals surface area contributed by atoms with Crippen molar-refractivity contribution >= 4 is 34.9 Å². The summed E-state index contributed by atoms with van der Waals surface area (Å²) in [7, 11) is 0. The molecule has 0 saturated carbocycles. The second-order valence-electron chi connectivity index (χ2n) is 6.33. The topological polar surface area (TPSA) is 12.4 Å². The molecule has 0 fully saturated rings. The van der Waals surface area contributed by atoms with E-state index in [-0.39, 0.29) is 0 Å². The van der Waals surface area contributed by atoms with E-state index in [4.69, 9.17) is 4.99 Å². The average Bonchev–Trinajstić information content (AvgIpc) is 2.85. The first-order valence-electron chi connectivity index (χ1n) is 8.51. The molecule has 0 bridgehead atoms. The molecule has 0 spiro atoms. The van der Waals surface area contributed by atoms with Crippen molar-refractivity contribution in [3.05, 3.63) is 90.0 Å². The third-order valence-electron chi connectivity index (χ3n) is 4.79. The predicted octanol–water partition coefficient (Wildman–Crippen LogP) is 6.38. The maximum atomic E-state index is 5.16. The summed E-state index contributed by atoms with van der Waals surface area (Å²) >= 11 is 3.93. The van der Waals surface area contributed by atoms with Gasteiger partial charge in [0.2, 0.25) is 0 Å². The van der Waals surface area contributed by atoms with E-state index in [1.165, 1.54) is 26.6 Å². The molecule has 3 heteroatoms. The predicted molar refractivity (Wildman–Crippen MR) is 108 cm³/mol. The number of nitrogens with zero attached hydrogens (tertiary/aromatic N) is 1. The lowest BCUT2D eigenvalue weighted by atomic mass is 9.90. The monoisotopic (exact) mass is 359 g/mol. The first-order chi connectivity index (χ1) is 12.4. The van der Waals surface area contributed by atoms with Crippen LogP contribution in [0.4, 0.5) is 5.69 Å². The Morgan fingerprint density at radius 3 is 2.36 bits per heavy atom. The van der Waals surface area contributed by atoms with Gasteiger partial charge in [0.1, 0.15) is 0 Å². The van der Waals surface area contributed by atoms with Crippen molar-refractivity contribution in [2.75, 3.05) is 5.75 Å². The van der Waals surface area contributed by atoms with E-state index in [2.05, 4.69) is 78.9 Å². The fourth-order valence-corrected chi connectivity index (χ4v) is 6.26. The summed E-state index contributed by atoms with van der Waals surface area (Å²) in [6.45, 7) is 0. The molecule has 3 aromatic carbocycles. The molecule has 3 aromatic rings. The van der Waals surface area contributed by atoms with Crippen molar-refractivity contribution in [2.45, 2.75) is 15.0 Å². The molecule has 0 aliphatic carbocycles. The van der Waals surface area contributed by atoms with Crippen LogP contribution in [0.1, 0.15) is 16.4 Å². The molecule has 25 heavy (non-hydrogen) atoms. The summed E-state index contributed by atoms with van der Waals surface area (Å²) in [5, 5.41) is 0.393. The molecular weight excluding hydrogens is 342 g/mol. The van der Waals surface area contributed by atoms with E-state index in [1.54, 1.807) is 0 Å². The molecule has 0 aromatic heterocycles.